The molecule has 0 radical (unpaired) electrons. The van der Waals surface area contributed by atoms with Crippen LogP contribution in [0.1, 0.15) is 25.7 Å². The standard InChI is InChI=1S/C8H12.CH3.ClH.Pt/c1-2-4-6-8-7-5-3-1;;;/h1-2,7-8H,3-6H2;1H3;1H;/q;-1;;+2/p-1/b2-1-,8-7-;;;. The summed E-state index contributed by atoms with van der Waals surface area (Å²) in [4.78, 5) is 0. The quantitative estimate of drug-likeness (QED) is 0.459. The zero-order valence-corrected chi connectivity index (χ0v) is 9.86. The molecule has 0 saturated heterocycles. The third kappa shape index (κ3) is 10.5. The Morgan fingerprint density at radius 1 is 0.727 bits per heavy atom. The van der Waals surface area contributed by atoms with Crippen molar-refractivity contribution in [2.24, 2.45) is 0 Å². The summed E-state index contributed by atoms with van der Waals surface area (Å²) in [5.74, 6) is 0. The molecule has 0 aromatic rings. The Labute approximate surface area is 85.5 Å². The molecule has 0 amide bonds. The Kier molecular flexibility index (Phi) is 16.7. The summed E-state index contributed by atoms with van der Waals surface area (Å²) >= 11 is 1.61. The van der Waals surface area contributed by atoms with Gasteiger partial charge in [-0.3, -0.25) is 0 Å². The minimum atomic E-state index is 0. The van der Waals surface area contributed by atoms with Crippen LogP contribution in [-0.2, 0) is 18.8 Å². The van der Waals surface area contributed by atoms with Crippen molar-refractivity contribution < 1.29 is 18.8 Å². The fourth-order valence-electron chi connectivity index (χ4n) is 0.856. The van der Waals surface area contributed by atoms with Crippen LogP contribution in [0.15, 0.2) is 24.3 Å². The van der Waals surface area contributed by atoms with Gasteiger partial charge in [0, 0.05) is 0 Å². The first-order valence-corrected chi connectivity index (χ1v) is 6.23. The SMILES string of the molecule is C1=C\CC/C=C\CC/1.[CH3-].[Cl][Pt+]. The van der Waals surface area contributed by atoms with Crippen molar-refractivity contribution in [1.29, 1.82) is 0 Å². The molecule has 0 heterocycles. The van der Waals surface area contributed by atoms with Crippen LogP contribution < -0.4 is 0 Å². The van der Waals surface area contributed by atoms with Crippen molar-refractivity contribution in [1.82, 2.24) is 0 Å². The molecule has 0 atom stereocenters. The van der Waals surface area contributed by atoms with Crippen LogP contribution in [0.4, 0.5) is 0 Å². The van der Waals surface area contributed by atoms with E-state index in [4.69, 9.17) is 0 Å². The number of halogens is 1. The fourth-order valence-corrected chi connectivity index (χ4v) is 0.856. The van der Waals surface area contributed by atoms with Gasteiger partial charge in [0.15, 0.2) is 0 Å². The first-order valence-electron chi connectivity index (χ1n) is 3.42. The minimum absolute atomic E-state index is 0. The molecule has 0 spiro atoms. The summed E-state index contributed by atoms with van der Waals surface area (Å²) in [5, 5.41) is 0. The number of rotatable bonds is 0. The molecule has 0 nitrogen and oxygen atoms in total. The molecule has 11 heavy (non-hydrogen) atoms. The topological polar surface area (TPSA) is 0 Å². The first-order chi connectivity index (χ1) is 5.00. The molecule has 0 N–H and O–H groups in total. The Bertz CT molecular complexity index is 82.1. The molecule has 0 saturated carbocycles. The van der Waals surface area contributed by atoms with Crippen LogP contribution in [0.3, 0.4) is 0 Å². The van der Waals surface area contributed by atoms with E-state index in [2.05, 4.69) is 33.7 Å². The second kappa shape index (κ2) is 13.1. The van der Waals surface area contributed by atoms with Gasteiger partial charge < -0.3 is 7.43 Å². The molecule has 0 fully saturated rings. The zero-order valence-electron chi connectivity index (χ0n) is 6.83. The van der Waals surface area contributed by atoms with Crippen LogP contribution in [0.5, 0.6) is 0 Å². The molecule has 0 aliphatic heterocycles. The summed E-state index contributed by atoms with van der Waals surface area (Å²) in [5.41, 5.74) is 0. The van der Waals surface area contributed by atoms with Gasteiger partial charge in [-0.1, -0.05) is 24.3 Å². The van der Waals surface area contributed by atoms with E-state index in [1.165, 1.54) is 25.7 Å². The molecule has 0 aromatic carbocycles. The van der Waals surface area contributed by atoms with Gasteiger partial charge >= 0.3 is 28.2 Å². The van der Waals surface area contributed by atoms with E-state index in [0.717, 1.165) is 0 Å². The molecular weight excluding hydrogens is 339 g/mol. The van der Waals surface area contributed by atoms with Crippen molar-refractivity contribution in [3.8, 4) is 0 Å². The Morgan fingerprint density at radius 3 is 1.09 bits per heavy atom. The molecule has 0 unspecified atom stereocenters. The Hall–Kier alpha value is 0.458. The van der Waals surface area contributed by atoms with Gasteiger partial charge in [0.2, 0.25) is 0 Å². The second-order valence-electron chi connectivity index (χ2n) is 2.10. The van der Waals surface area contributed by atoms with Crippen LogP contribution in [-0.4, -0.2) is 0 Å². The third-order valence-corrected chi connectivity index (χ3v) is 1.33. The Morgan fingerprint density at radius 2 is 0.909 bits per heavy atom. The summed E-state index contributed by atoms with van der Waals surface area (Å²) in [6.07, 6.45) is 14.0. The summed E-state index contributed by atoms with van der Waals surface area (Å²) < 4.78 is 0. The van der Waals surface area contributed by atoms with Crippen molar-refractivity contribution in [3.63, 3.8) is 0 Å². The van der Waals surface area contributed by atoms with Gasteiger partial charge in [0.1, 0.15) is 0 Å². The van der Waals surface area contributed by atoms with Gasteiger partial charge in [-0.25, -0.2) is 0 Å². The van der Waals surface area contributed by atoms with Crippen LogP contribution in [0.2, 0.25) is 0 Å². The molecule has 0 bridgehead atoms. The molecule has 68 valence electrons. The molecule has 1 aliphatic rings. The van der Waals surface area contributed by atoms with Gasteiger partial charge in [-0.05, 0) is 25.7 Å². The summed E-state index contributed by atoms with van der Waals surface area (Å²) in [6.45, 7) is 0. The molecular formula is C9H15ClPt. The van der Waals surface area contributed by atoms with Crippen LogP contribution in [0, 0.1) is 7.43 Å². The average Bonchev–Trinajstić information content (AvgIpc) is 1.90. The van der Waals surface area contributed by atoms with E-state index in [-0.39, 0.29) is 7.43 Å². The average molecular weight is 354 g/mol. The summed E-state index contributed by atoms with van der Waals surface area (Å²) in [7, 11) is 4.61. The predicted molar refractivity (Wildman–Crippen MR) is 49.0 cm³/mol. The van der Waals surface area contributed by atoms with E-state index in [9.17, 15) is 0 Å². The monoisotopic (exact) mass is 353 g/mol. The molecule has 0 aromatic heterocycles. The number of allylic oxidation sites excluding steroid dienone is 4. The summed E-state index contributed by atoms with van der Waals surface area (Å²) in [6, 6.07) is 0. The van der Waals surface area contributed by atoms with Gasteiger partial charge in [0.05, 0.1) is 0 Å². The van der Waals surface area contributed by atoms with E-state index in [1.807, 2.05) is 0 Å². The number of hydrogen-bond acceptors (Lipinski definition) is 0. The first kappa shape index (κ1) is 14.0. The van der Waals surface area contributed by atoms with Gasteiger partial charge in [-0.2, -0.15) is 0 Å². The fraction of sp³-hybridized carbons (Fsp3) is 0.444. The molecule has 1 aliphatic carbocycles. The van der Waals surface area contributed by atoms with Crippen molar-refractivity contribution in [2.45, 2.75) is 25.7 Å². The zero-order chi connectivity index (χ0) is 7.66. The van der Waals surface area contributed by atoms with Gasteiger partial charge in [0.25, 0.3) is 0 Å². The second-order valence-corrected chi connectivity index (χ2v) is 2.10. The number of hydrogen-bond donors (Lipinski definition) is 0. The van der Waals surface area contributed by atoms with Crippen LogP contribution >= 0.6 is 9.42 Å². The normalized spacial score (nSPS) is 21.0. The van der Waals surface area contributed by atoms with Gasteiger partial charge in [-0.15, -0.1) is 0 Å². The van der Waals surface area contributed by atoms with Crippen molar-refractivity contribution >= 4 is 9.42 Å². The van der Waals surface area contributed by atoms with Crippen molar-refractivity contribution in [2.75, 3.05) is 0 Å². The van der Waals surface area contributed by atoms with Crippen LogP contribution in [0.25, 0.3) is 0 Å². The van der Waals surface area contributed by atoms with E-state index >= 15 is 0 Å². The maximum atomic E-state index is 4.61. The van der Waals surface area contributed by atoms with E-state index in [1.54, 1.807) is 18.8 Å². The third-order valence-electron chi connectivity index (χ3n) is 1.33. The van der Waals surface area contributed by atoms with E-state index < -0.39 is 0 Å². The molecule has 2 heteroatoms. The predicted octanol–water partition coefficient (Wildman–Crippen LogP) is 3.81. The maximum absolute atomic E-state index is 4.61. The van der Waals surface area contributed by atoms with E-state index in [0.29, 0.717) is 0 Å². The van der Waals surface area contributed by atoms with Crippen molar-refractivity contribution in [3.05, 3.63) is 31.7 Å². The molecule has 1 rings (SSSR count). The Balaban J connectivity index is 0.